The Balaban J connectivity index is 1.47. The van der Waals surface area contributed by atoms with E-state index in [0.29, 0.717) is 12.6 Å². The van der Waals surface area contributed by atoms with Gasteiger partial charge in [-0.15, -0.1) is 0 Å². The van der Waals surface area contributed by atoms with Crippen molar-refractivity contribution in [2.45, 2.75) is 51.1 Å². The van der Waals surface area contributed by atoms with Crippen LogP contribution in [0, 0.1) is 5.41 Å². The Hall–Kier alpha value is -2.40. The van der Waals surface area contributed by atoms with Crippen LogP contribution in [0.25, 0.3) is 0 Å². The van der Waals surface area contributed by atoms with Crippen LogP contribution in [0.5, 0.6) is 5.75 Å². The van der Waals surface area contributed by atoms with E-state index >= 15 is 0 Å². The number of hydrogen-bond donors (Lipinski definition) is 1. The van der Waals surface area contributed by atoms with E-state index in [-0.39, 0.29) is 11.3 Å². The number of rotatable bonds is 7. The first-order valence-corrected chi connectivity index (χ1v) is 10.7. The number of methoxy groups -OCH3 is 1. The van der Waals surface area contributed by atoms with E-state index in [1.54, 1.807) is 13.3 Å². The zero-order valence-corrected chi connectivity index (χ0v) is 17.3. The number of nitrogens with zero attached hydrogens (tertiary/aromatic N) is 2. The molecule has 1 saturated heterocycles. The van der Waals surface area contributed by atoms with Crippen molar-refractivity contribution in [3.05, 3.63) is 59.9 Å². The summed E-state index contributed by atoms with van der Waals surface area (Å²) in [5, 5.41) is 3.15. The van der Waals surface area contributed by atoms with Gasteiger partial charge in [0.1, 0.15) is 5.75 Å². The molecule has 0 radical (unpaired) electrons. The number of amides is 1. The Labute approximate surface area is 173 Å². The summed E-state index contributed by atoms with van der Waals surface area (Å²) in [6.07, 6.45) is 9.02. The van der Waals surface area contributed by atoms with Gasteiger partial charge in [0, 0.05) is 25.3 Å². The summed E-state index contributed by atoms with van der Waals surface area (Å²) in [6.45, 7) is 2.15. The summed E-state index contributed by atoms with van der Waals surface area (Å²) in [7, 11) is 1.68. The molecule has 1 aromatic carbocycles. The Kier molecular flexibility index (Phi) is 6.14. The number of carbonyl (C=O) groups is 1. The number of hydrogen-bond acceptors (Lipinski definition) is 4. The van der Waals surface area contributed by atoms with Gasteiger partial charge in [-0.05, 0) is 49.1 Å². The van der Waals surface area contributed by atoms with E-state index in [0.717, 1.165) is 36.5 Å². The van der Waals surface area contributed by atoms with Crippen LogP contribution in [-0.2, 0) is 17.8 Å². The van der Waals surface area contributed by atoms with Crippen LogP contribution in [0.1, 0.15) is 43.4 Å². The van der Waals surface area contributed by atoms with Gasteiger partial charge in [-0.2, -0.15) is 0 Å². The summed E-state index contributed by atoms with van der Waals surface area (Å²) < 4.78 is 5.38. The minimum Gasteiger partial charge on any atom is -0.497 e. The van der Waals surface area contributed by atoms with Crippen LogP contribution in [0.3, 0.4) is 0 Å². The molecule has 1 N–H and O–H groups in total. The molecule has 0 spiro atoms. The minimum atomic E-state index is -0.376. The predicted molar refractivity (Wildman–Crippen MR) is 114 cm³/mol. The lowest BCUT2D eigenvalue weighted by Crippen LogP contribution is -2.66. The molecule has 5 heteroatoms. The fourth-order valence-corrected chi connectivity index (χ4v) is 4.81. The topological polar surface area (TPSA) is 54.5 Å². The minimum absolute atomic E-state index is 0.137. The normalized spacial score (nSPS) is 19.3. The first-order chi connectivity index (χ1) is 14.2. The molecular weight excluding hydrogens is 362 g/mol. The van der Waals surface area contributed by atoms with Crippen LogP contribution < -0.4 is 10.1 Å². The highest BCUT2D eigenvalue weighted by atomic mass is 16.5. The summed E-state index contributed by atoms with van der Waals surface area (Å²) in [5.41, 5.74) is 1.67. The van der Waals surface area contributed by atoms with Crippen LogP contribution >= 0.6 is 0 Å². The van der Waals surface area contributed by atoms with Gasteiger partial charge in [0.2, 0.25) is 5.91 Å². The Morgan fingerprint density at radius 1 is 1.17 bits per heavy atom. The third-order valence-electron chi connectivity index (χ3n) is 6.42. The fourth-order valence-electron chi connectivity index (χ4n) is 4.81. The van der Waals surface area contributed by atoms with Crippen molar-refractivity contribution in [3.63, 3.8) is 0 Å². The maximum atomic E-state index is 13.3. The molecule has 1 aliphatic carbocycles. The lowest BCUT2D eigenvalue weighted by Gasteiger charge is -2.53. The van der Waals surface area contributed by atoms with Crippen molar-refractivity contribution >= 4 is 5.91 Å². The van der Waals surface area contributed by atoms with Crippen LogP contribution in [0.4, 0.5) is 0 Å². The molecular formula is C24H31N3O2. The molecule has 1 aromatic heterocycles. The third-order valence-corrected chi connectivity index (χ3v) is 6.42. The lowest BCUT2D eigenvalue weighted by atomic mass is 9.72. The van der Waals surface area contributed by atoms with Gasteiger partial charge in [0.05, 0.1) is 24.8 Å². The summed E-state index contributed by atoms with van der Waals surface area (Å²) in [4.78, 5) is 20.2. The highest BCUT2D eigenvalue weighted by Gasteiger charge is 2.50. The zero-order valence-electron chi connectivity index (χ0n) is 17.3. The molecule has 5 nitrogen and oxygen atoms in total. The Bertz CT molecular complexity index is 812. The van der Waals surface area contributed by atoms with Crippen LogP contribution in [-0.4, -0.2) is 42.0 Å². The smallest absolute Gasteiger partial charge is 0.229 e. The average molecular weight is 394 g/mol. The first-order valence-electron chi connectivity index (χ1n) is 10.7. The van der Waals surface area contributed by atoms with Crippen molar-refractivity contribution in [2.75, 3.05) is 20.2 Å². The Morgan fingerprint density at radius 2 is 2.00 bits per heavy atom. The molecule has 2 heterocycles. The summed E-state index contributed by atoms with van der Waals surface area (Å²) in [6, 6.07) is 14.5. The second-order valence-electron chi connectivity index (χ2n) is 8.51. The van der Waals surface area contributed by atoms with Gasteiger partial charge in [-0.1, -0.05) is 37.5 Å². The standard InChI is InChI=1S/C24H31N3O2/c1-29-22-12-7-8-19(14-22)15-24(17-27(18-24)21-10-3-2-4-11-21)23(28)26-16-20-9-5-6-13-25-20/h5-9,12-14,21H,2-4,10-11,15-18H2,1H3,(H,26,28). The SMILES string of the molecule is COc1cccc(CC2(C(=O)NCc3ccccn3)CN(C3CCCCC3)C2)c1. The molecule has 4 rings (SSSR count). The fraction of sp³-hybridized carbons (Fsp3) is 0.500. The molecule has 2 aliphatic rings. The summed E-state index contributed by atoms with van der Waals surface area (Å²) in [5.74, 6) is 0.980. The largest absolute Gasteiger partial charge is 0.497 e. The second-order valence-corrected chi connectivity index (χ2v) is 8.51. The monoisotopic (exact) mass is 393 g/mol. The van der Waals surface area contributed by atoms with E-state index in [9.17, 15) is 4.79 Å². The highest BCUT2D eigenvalue weighted by Crippen LogP contribution is 2.39. The van der Waals surface area contributed by atoms with Gasteiger partial charge in [-0.25, -0.2) is 0 Å². The second kappa shape index (κ2) is 8.95. The molecule has 1 amide bonds. The number of likely N-dealkylation sites (tertiary alicyclic amines) is 1. The van der Waals surface area contributed by atoms with E-state index in [1.807, 2.05) is 30.3 Å². The van der Waals surface area contributed by atoms with Gasteiger partial charge in [0.25, 0.3) is 0 Å². The van der Waals surface area contributed by atoms with Crippen LogP contribution in [0.2, 0.25) is 0 Å². The number of nitrogens with one attached hydrogen (secondary N) is 1. The van der Waals surface area contributed by atoms with Gasteiger partial charge in [0.15, 0.2) is 0 Å². The third kappa shape index (κ3) is 4.61. The van der Waals surface area contributed by atoms with Crippen molar-refractivity contribution in [2.24, 2.45) is 5.41 Å². The van der Waals surface area contributed by atoms with Gasteiger partial charge < -0.3 is 10.1 Å². The molecule has 0 atom stereocenters. The maximum Gasteiger partial charge on any atom is 0.229 e. The maximum absolute atomic E-state index is 13.3. The van der Waals surface area contributed by atoms with Crippen molar-refractivity contribution in [1.82, 2.24) is 15.2 Å². The molecule has 1 saturated carbocycles. The predicted octanol–water partition coefficient (Wildman–Crippen LogP) is 3.58. The molecule has 0 bridgehead atoms. The molecule has 2 aromatic rings. The highest BCUT2D eigenvalue weighted by molar-refractivity contribution is 5.84. The van der Waals surface area contributed by atoms with Crippen molar-refractivity contribution < 1.29 is 9.53 Å². The van der Waals surface area contributed by atoms with Gasteiger partial charge in [-0.3, -0.25) is 14.7 Å². The average Bonchev–Trinajstić information content (AvgIpc) is 2.75. The molecule has 154 valence electrons. The summed E-state index contributed by atoms with van der Waals surface area (Å²) >= 11 is 0. The zero-order chi connectivity index (χ0) is 20.1. The molecule has 29 heavy (non-hydrogen) atoms. The van der Waals surface area contributed by atoms with Crippen molar-refractivity contribution in [3.8, 4) is 5.75 Å². The van der Waals surface area contributed by atoms with Crippen molar-refractivity contribution in [1.29, 1.82) is 0 Å². The van der Waals surface area contributed by atoms with E-state index in [4.69, 9.17) is 4.74 Å². The number of aromatic nitrogens is 1. The quantitative estimate of drug-likeness (QED) is 0.781. The van der Waals surface area contributed by atoms with E-state index in [2.05, 4.69) is 27.3 Å². The van der Waals surface area contributed by atoms with E-state index in [1.165, 1.54) is 32.1 Å². The van der Waals surface area contributed by atoms with Crippen LogP contribution in [0.15, 0.2) is 48.7 Å². The number of pyridine rings is 1. The molecule has 1 aliphatic heterocycles. The first kappa shape index (κ1) is 19.9. The van der Waals surface area contributed by atoms with E-state index < -0.39 is 0 Å². The number of benzene rings is 1. The van der Waals surface area contributed by atoms with Gasteiger partial charge >= 0.3 is 0 Å². The lowest BCUT2D eigenvalue weighted by molar-refractivity contribution is -0.145. The number of carbonyl (C=O) groups excluding carboxylic acids is 1. The number of ether oxygens (including phenoxy) is 1. The molecule has 2 fully saturated rings. The molecule has 0 unspecified atom stereocenters. The Morgan fingerprint density at radius 3 is 2.72 bits per heavy atom.